The van der Waals surface area contributed by atoms with Gasteiger partial charge in [0.15, 0.2) is 5.12 Å². The van der Waals surface area contributed by atoms with Gasteiger partial charge < -0.3 is 4.74 Å². The highest BCUT2D eigenvalue weighted by atomic mass is 32.2. The number of esters is 1. The van der Waals surface area contributed by atoms with E-state index in [2.05, 4.69) is 0 Å². The van der Waals surface area contributed by atoms with E-state index in [0.717, 1.165) is 5.56 Å². The Morgan fingerprint density at radius 3 is 2.50 bits per heavy atom. The van der Waals surface area contributed by atoms with Crippen molar-refractivity contribution in [3.05, 3.63) is 35.9 Å². The molecule has 0 spiro atoms. The van der Waals surface area contributed by atoms with Gasteiger partial charge >= 0.3 is 5.97 Å². The van der Waals surface area contributed by atoms with Gasteiger partial charge in [-0.05, 0) is 18.9 Å². The summed E-state index contributed by atoms with van der Waals surface area (Å²) < 4.78 is 5.04. The molecule has 0 heterocycles. The van der Waals surface area contributed by atoms with Crippen molar-refractivity contribution in [3.63, 3.8) is 0 Å². The number of hydrogen-bond acceptors (Lipinski definition) is 4. The van der Waals surface area contributed by atoms with Crippen molar-refractivity contribution in [1.29, 1.82) is 0 Å². The van der Waals surface area contributed by atoms with Crippen molar-refractivity contribution in [3.8, 4) is 0 Å². The number of thioether (sulfide) groups is 1. The van der Waals surface area contributed by atoms with Gasteiger partial charge in [0.1, 0.15) is 0 Å². The van der Waals surface area contributed by atoms with Crippen molar-refractivity contribution >= 4 is 22.8 Å². The Labute approximate surface area is 112 Å². The molecule has 0 N–H and O–H groups in total. The molecule has 0 amide bonds. The lowest BCUT2D eigenvalue weighted by atomic mass is 10.0. The Morgan fingerprint density at radius 2 is 1.94 bits per heavy atom. The van der Waals surface area contributed by atoms with E-state index in [0.29, 0.717) is 18.8 Å². The largest absolute Gasteiger partial charge is 0.466 e. The number of hydrogen-bond donors (Lipinski definition) is 0. The highest BCUT2D eigenvalue weighted by Gasteiger charge is 2.21. The first-order valence-electron chi connectivity index (χ1n) is 5.97. The maximum atomic E-state index is 11.8. The van der Waals surface area contributed by atoms with E-state index in [1.807, 2.05) is 30.3 Å². The van der Waals surface area contributed by atoms with E-state index in [1.165, 1.54) is 18.7 Å². The lowest BCUT2D eigenvalue weighted by Crippen LogP contribution is -2.22. The van der Waals surface area contributed by atoms with Crippen LogP contribution in [-0.2, 0) is 20.7 Å². The molecule has 0 bridgehead atoms. The van der Waals surface area contributed by atoms with Crippen LogP contribution < -0.4 is 0 Å². The average molecular weight is 266 g/mol. The molecule has 0 aliphatic carbocycles. The normalized spacial score (nSPS) is 11.9. The van der Waals surface area contributed by atoms with Crippen LogP contribution in [0.1, 0.15) is 19.4 Å². The first-order valence-corrected chi connectivity index (χ1v) is 6.96. The van der Waals surface area contributed by atoms with Gasteiger partial charge in [-0.25, -0.2) is 0 Å². The predicted octanol–water partition coefficient (Wildman–Crippen LogP) is 2.69. The molecule has 0 unspecified atom stereocenters. The second kappa shape index (κ2) is 7.93. The fourth-order valence-electron chi connectivity index (χ4n) is 1.59. The highest BCUT2D eigenvalue weighted by Crippen LogP contribution is 2.17. The molecule has 98 valence electrons. The molecule has 1 rings (SSSR count). The Bertz CT molecular complexity index is 389. The summed E-state index contributed by atoms with van der Waals surface area (Å²) in [5.41, 5.74) is 1.08. The summed E-state index contributed by atoms with van der Waals surface area (Å²) in [6.45, 7) is 3.67. The van der Waals surface area contributed by atoms with Gasteiger partial charge in [-0.1, -0.05) is 42.1 Å². The van der Waals surface area contributed by atoms with Crippen LogP contribution in [0.3, 0.4) is 0 Å². The van der Waals surface area contributed by atoms with E-state index >= 15 is 0 Å². The van der Waals surface area contributed by atoms with E-state index in [9.17, 15) is 9.59 Å². The Balaban J connectivity index is 2.64. The third kappa shape index (κ3) is 5.36. The topological polar surface area (TPSA) is 43.4 Å². The SMILES string of the molecule is CCOC(=O)[C@H](CSC(C)=O)Cc1ccccc1. The number of rotatable bonds is 6. The van der Waals surface area contributed by atoms with Crippen LogP contribution in [0.4, 0.5) is 0 Å². The number of carbonyl (C=O) groups is 2. The Morgan fingerprint density at radius 1 is 1.28 bits per heavy atom. The van der Waals surface area contributed by atoms with Crippen LogP contribution in [-0.4, -0.2) is 23.4 Å². The lowest BCUT2D eigenvalue weighted by Gasteiger charge is -2.14. The van der Waals surface area contributed by atoms with Gasteiger partial charge in [0.05, 0.1) is 12.5 Å². The van der Waals surface area contributed by atoms with Crippen LogP contribution >= 0.6 is 11.8 Å². The van der Waals surface area contributed by atoms with E-state index in [-0.39, 0.29) is 17.0 Å². The first kappa shape index (κ1) is 14.8. The number of benzene rings is 1. The molecule has 0 radical (unpaired) electrons. The predicted molar refractivity (Wildman–Crippen MR) is 73.4 cm³/mol. The van der Waals surface area contributed by atoms with Gasteiger partial charge in [0.2, 0.25) is 0 Å². The summed E-state index contributed by atoms with van der Waals surface area (Å²) in [6, 6.07) is 9.77. The van der Waals surface area contributed by atoms with Crippen LogP contribution in [0.25, 0.3) is 0 Å². The maximum Gasteiger partial charge on any atom is 0.310 e. The minimum absolute atomic E-state index is 0.0253. The van der Waals surface area contributed by atoms with Gasteiger partial charge in [-0.2, -0.15) is 0 Å². The molecular formula is C14H18O3S. The van der Waals surface area contributed by atoms with E-state index in [4.69, 9.17) is 4.74 Å². The van der Waals surface area contributed by atoms with Gasteiger partial charge in [0.25, 0.3) is 0 Å². The average Bonchev–Trinajstić information content (AvgIpc) is 2.35. The molecule has 1 aromatic carbocycles. The zero-order chi connectivity index (χ0) is 13.4. The maximum absolute atomic E-state index is 11.8. The van der Waals surface area contributed by atoms with Crippen LogP contribution in [0, 0.1) is 5.92 Å². The lowest BCUT2D eigenvalue weighted by molar-refractivity contribution is -0.147. The molecule has 18 heavy (non-hydrogen) atoms. The number of ether oxygens (including phenoxy) is 1. The van der Waals surface area contributed by atoms with Gasteiger partial charge in [-0.15, -0.1) is 0 Å². The summed E-state index contributed by atoms with van der Waals surface area (Å²) in [4.78, 5) is 22.8. The van der Waals surface area contributed by atoms with E-state index in [1.54, 1.807) is 6.92 Å². The van der Waals surface area contributed by atoms with Crippen molar-refractivity contribution in [2.45, 2.75) is 20.3 Å². The summed E-state index contributed by atoms with van der Waals surface area (Å²) in [6.07, 6.45) is 0.611. The Kier molecular flexibility index (Phi) is 6.50. The second-order valence-corrected chi connectivity index (χ2v) is 5.14. The van der Waals surface area contributed by atoms with Gasteiger partial charge in [0, 0.05) is 12.7 Å². The zero-order valence-corrected chi connectivity index (χ0v) is 11.5. The summed E-state index contributed by atoms with van der Waals surface area (Å²) in [5, 5.41) is 0.0253. The van der Waals surface area contributed by atoms with Crippen molar-refractivity contribution in [1.82, 2.24) is 0 Å². The standard InChI is InChI=1S/C14H18O3S/c1-3-17-14(16)13(10-18-11(2)15)9-12-7-5-4-6-8-12/h4-8,13H,3,9-10H2,1-2H3/t13-/m0/s1. The summed E-state index contributed by atoms with van der Waals surface area (Å²) in [5.74, 6) is -0.0142. The Hall–Kier alpha value is -1.29. The monoisotopic (exact) mass is 266 g/mol. The molecule has 0 aliphatic rings. The molecular weight excluding hydrogens is 248 g/mol. The van der Waals surface area contributed by atoms with Crippen molar-refractivity contribution in [2.75, 3.05) is 12.4 Å². The van der Waals surface area contributed by atoms with Crippen molar-refractivity contribution in [2.24, 2.45) is 5.92 Å². The third-order valence-corrected chi connectivity index (χ3v) is 3.41. The number of carbonyl (C=O) groups excluding carboxylic acids is 2. The molecule has 0 aliphatic heterocycles. The van der Waals surface area contributed by atoms with Crippen molar-refractivity contribution < 1.29 is 14.3 Å². The van der Waals surface area contributed by atoms with Crippen LogP contribution in [0.5, 0.6) is 0 Å². The molecule has 0 aromatic heterocycles. The third-order valence-electron chi connectivity index (χ3n) is 2.43. The summed E-state index contributed by atoms with van der Waals surface area (Å²) >= 11 is 1.17. The fourth-order valence-corrected chi connectivity index (χ4v) is 2.28. The minimum Gasteiger partial charge on any atom is -0.466 e. The highest BCUT2D eigenvalue weighted by molar-refractivity contribution is 8.13. The molecule has 0 fully saturated rings. The molecule has 1 atom stereocenters. The van der Waals surface area contributed by atoms with Gasteiger partial charge in [-0.3, -0.25) is 9.59 Å². The molecule has 0 saturated carbocycles. The quantitative estimate of drug-likeness (QED) is 0.743. The molecule has 1 aromatic rings. The van der Waals surface area contributed by atoms with Crippen LogP contribution in [0.2, 0.25) is 0 Å². The second-order valence-electron chi connectivity index (χ2n) is 3.94. The molecule has 0 saturated heterocycles. The smallest absolute Gasteiger partial charge is 0.310 e. The van der Waals surface area contributed by atoms with E-state index < -0.39 is 0 Å². The van der Waals surface area contributed by atoms with Crippen LogP contribution in [0.15, 0.2) is 30.3 Å². The summed E-state index contributed by atoms with van der Waals surface area (Å²) in [7, 11) is 0. The first-order chi connectivity index (χ1) is 8.63. The minimum atomic E-state index is -0.263. The molecule has 4 heteroatoms. The fraction of sp³-hybridized carbons (Fsp3) is 0.429. The molecule has 3 nitrogen and oxygen atoms in total. The zero-order valence-electron chi connectivity index (χ0n) is 10.7.